The summed E-state index contributed by atoms with van der Waals surface area (Å²) in [5, 5.41) is 18.9. The van der Waals surface area contributed by atoms with Crippen molar-refractivity contribution >= 4 is 17.0 Å². The van der Waals surface area contributed by atoms with Crippen LogP contribution in [0.4, 0.5) is 0 Å². The van der Waals surface area contributed by atoms with Gasteiger partial charge in [0.15, 0.2) is 0 Å². The van der Waals surface area contributed by atoms with E-state index >= 15 is 0 Å². The highest BCUT2D eigenvalue weighted by Gasteiger charge is 2.27. The van der Waals surface area contributed by atoms with E-state index in [1.54, 1.807) is 31.4 Å². The van der Waals surface area contributed by atoms with Crippen LogP contribution in [0.5, 0.6) is 11.6 Å². The first-order chi connectivity index (χ1) is 23.5. The molecule has 48 heavy (non-hydrogen) atoms. The SMILES string of the molecule is COCCOCCOc1cc(C(=O)O)cc2c1nc(CN1CCC(c3cccc(OCc4ccc(C#N)cc4)n3)CC1)n2C[C@@H]1CCO1. The number of fused-ring (bicyclic) bond motifs is 1. The zero-order chi connectivity index (χ0) is 33.3. The number of aromatic nitrogens is 3. The number of carboxylic acids is 1. The Hall–Kier alpha value is -4.54. The lowest BCUT2D eigenvalue weighted by Crippen LogP contribution is -2.35. The number of methoxy groups -OCH3 is 1. The predicted molar refractivity (Wildman–Crippen MR) is 176 cm³/mol. The van der Waals surface area contributed by atoms with Crippen LogP contribution in [0.2, 0.25) is 0 Å². The number of carbonyl (C=O) groups is 1. The van der Waals surface area contributed by atoms with Crippen molar-refractivity contribution in [1.82, 2.24) is 19.4 Å². The third-order valence-electron chi connectivity index (χ3n) is 8.83. The fraction of sp³-hybridized carbons (Fsp3) is 0.444. The highest BCUT2D eigenvalue weighted by atomic mass is 16.5. The maximum Gasteiger partial charge on any atom is 0.335 e. The van der Waals surface area contributed by atoms with Gasteiger partial charge in [0.1, 0.15) is 30.3 Å². The number of likely N-dealkylation sites (tertiary alicyclic amines) is 1. The second-order valence-electron chi connectivity index (χ2n) is 12.1. The van der Waals surface area contributed by atoms with Crippen LogP contribution in [-0.2, 0) is 33.9 Å². The van der Waals surface area contributed by atoms with Crippen LogP contribution in [0.15, 0.2) is 54.6 Å². The van der Waals surface area contributed by atoms with Gasteiger partial charge in [0, 0.05) is 31.4 Å². The van der Waals surface area contributed by atoms with Gasteiger partial charge in [0.05, 0.1) is 61.7 Å². The number of aromatic carboxylic acids is 1. The Labute approximate surface area is 279 Å². The molecule has 2 fully saturated rings. The van der Waals surface area contributed by atoms with Crippen molar-refractivity contribution in [3.05, 3.63) is 82.8 Å². The second-order valence-corrected chi connectivity index (χ2v) is 12.1. The van der Waals surface area contributed by atoms with Crippen LogP contribution in [-0.4, -0.2) is 89.8 Å². The number of pyridine rings is 1. The van der Waals surface area contributed by atoms with Crippen molar-refractivity contribution in [1.29, 1.82) is 5.26 Å². The summed E-state index contributed by atoms with van der Waals surface area (Å²) < 4.78 is 30.5. The van der Waals surface area contributed by atoms with E-state index in [4.69, 9.17) is 38.9 Å². The molecule has 0 bridgehead atoms. The van der Waals surface area contributed by atoms with Gasteiger partial charge in [-0.1, -0.05) is 18.2 Å². The van der Waals surface area contributed by atoms with E-state index in [2.05, 4.69) is 21.6 Å². The zero-order valence-corrected chi connectivity index (χ0v) is 27.2. The van der Waals surface area contributed by atoms with Gasteiger partial charge in [-0.05, 0) is 68.2 Å². The number of imidazole rings is 1. The van der Waals surface area contributed by atoms with Gasteiger partial charge in [-0.25, -0.2) is 14.8 Å². The van der Waals surface area contributed by atoms with E-state index in [1.807, 2.05) is 24.3 Å². The quantitative estimate of drug-likeness (QED) is 0.167. The first-order valence-corrected chi connectivity index (χ1v) is 16.4. The summed E-state index contributed by atoms with van der Waals surface area (Å²) in [4.78, 5) is 24.3. The minimum Gasteiger partial charge on any atom is -0.489 e. The van der Waals surface area contributed by atoms with Gasteiger partial charge < -0.3 is 33.4 Å². The first kappa shape index (κ1) is 33.4. The third kappa shape index (κ3) is 8.29. The Kier molecular flexibility index (Phi) is 11.1. The normalized spacial score (nSPS) is 16.8. The molecule has 4 heterocycles. The van der Waals surface area contributed by atoms with Gasteiger partial charge in [-0.3, -0.25) is 4.90 Å². The maximum atomic E-state index is 12.1. The number of piperidine rings is 1. The molecule has 0 radical (unpaired) electrons. The Morgan fingerprint density at radius 2 is 1.81 bits per heavy atom. The van der Waals surface area contributed by atoms with Crippen LogP contribution in [0.3, 0.4) is 0 Å². The smallest absolute Gasteiger partial charge is 0.335 e. The van der Waals surface area contributed by atoms with Gasteiger partial charge in [-0.15, -0.1) is 0 Å². The van der Waals surface area contributed by atoms with Crippen molar-refractivity contribution in [2.24, 2.45) is 0 Å². The molecule has 0 aliphatic carbocycles. The lowest BCUT2D eigenvalue weighted by Gasteiger charge is -2.32. The summed E-state index contributed by atoms with van der Waals surface area (Å²) in [6.45, 7) is 5.64. The molecule has 2 aromatic heterocycles. The molecular formula is C36H41N5O7. The number of rotatable bonds is 16. The maximum absolute atomic E-state index is 12.1. The van der Waals surface area contributed by atoms with Gasteiger partial charge in [-0.2, -0.15) is 5.26 Å². The molecule has 2 aromatic carbocycles. The van der Waals surface area contributed by atoms with Crippen molar-refractivity contribution < 1.29 is 33.6 Å². The Morgan fingerprint density at radius 3 is 2.52 bits per heavy atom. The van der Waals surface area contributed by atoms with Crippen molar-refractivity contribution in [2.75, 3.05) is 53.2 Å². The first-order valence-electron chi connectivity index (χ1n) is 16.4. The minimum atomic E-state index is -1.02. The van der Waals surface area contributed by atoms with E-state index in [9.17, 15) is 9.90 Å². The second kappa shape index (κ2) is 16.0. The lowest BCUT2D eigenvalue weighted by atomic mass is 9.93. The number of hydrogen-bond donors (Lipinski definition) is 1. The van der Waals surface area contributed by atoms with Crippen LogP contribution < -0.4 is 9.47 Å². The number of ether oxygens (including phenoxy) is 5. The molecule has 2 saturated heterocycles. The van der Waals surface area contributed by atoms with E-state index in [1.165, 1.54) is 0 Å². The topological polar surface area (TPSA) is 141 Å². The largest absolute Gasteiger partial charge is 0.489 e. The number of benzene rings is 2. The highest BCUT2D eigenvalue weighted by Crippen LogP contribution is 2.32. The molecule has 12 nitrogen and oxygen atoms in total. The van der Waals surface area contributed by atoms with E-state index in [-0.39, 0.29) is 18.3 Å². The Balaban J connectivity index is 1.13. The van der Waals surface area contributed by atoms with Crippen molar-refractivity contribution in [2.45, 2.75) is 51.0 Å². The van der Waals surface area contributed by atoms with Gasteiger partial charge >= 0.3 is 5.97 Å². The van der Waals surface area contributed by atoms with Gasteiger partial charge in [0.2, 0.25) is 5.88 Å². The monoisotopic (exact) mass is 655 g/mol. The molecule has 12 heteroatoms. The molecule has 4 aromatic rings. The number of nitrogens with zero attached hydrogens (tertiary/aromatic N) is 5. The third-order valence-corrected chi connectivity index (χ3v) is 8.83. The molecule has 0 unspecified atom stereocenters. The van der Waals surface area contributed by atoms with E-state index in [0.717, 1.165) is 61.6 Å². The fourth-order valence-electron chi connectivity index (χ4n) is 6.04. The molecule has 0 amide bonds. The number of carboxylic acid groups (broad SMARTS) is 1. The summed E-state index contributed by atoms with van der Waals surface area (Å²) in [6.07, 6.45) is 2.91. The average Bonchev–Trinajstić information content (AvgIpc) is 3.44. The van der Waals surface area contributed by atoms with Crippen LogP contribution in [0, 0.1) is 11.3 Å². The van der Waals surface area contributed by atoms with E-state index < -0.39 is 5.97 Å². The number of hydrogen-bond acceptors (Lipinski definition) is 10. The molecule has 0 spiro atoms. The molecule has 0 saturated carbocycles. The Bertz CT molecular complexity index is 1720. The predicted octanol–water partition coefficient (Wildman–Crippen LogP) is 4.79. The fourth-order valence-corrected chi connectivity index (χ4v) is 6.04. The highest BCUT2D eigenvalue weighted by molar-refractivity contribution is 5.95. The molecule has 1 atom stereocenters. The minimum absolute atomic E-state index is 0.0661. The summed E-state index contributed by atoms with van der Waals surface area (Å²) in [5.74, 6) is 1.17. The molecule has 1 N–H and O–H groups in total. The zero-order valence-electron chi connectivity index (χ0n) is 27.2. The molecular weight excluding hydrogens is 614 g/mol. The molecule has 2 aliphatic heterocycles. The van der Waals surface area contributed by atoms with Gasteiger partial charge in [0.25, 0.3) is 0 Å². The molecule has 252 valence electrons. The van der Waals surface area contributed by atoms with Crippen molar-refractivity contribution in [3.8, 4) is 17.7 Å². The lowest BCUT2D eigenvalue weighted by molar-refractivity contribution is -0.0592. The summed E-state index contributed by atoms with van der Waals surface area (Å²) in [7, 11) is 1.62. The number of nitriles is 1. The molecule has 2 aliphatic rings. The average molecular weight is 656 g/mol. The summed E-state index contributed by atoms with van der Waals surface area (Å²) >= 11 is 0. The Morgan fingerprint density at radius 1 is 1.02 bits per heavy atom. The molecule has 6 rings (SSSR count). The van der Waals surface area contributed by atoms with Crippen LogP contribution in [0.1, 0.15) is 58.2 Å². The van der Waals surface area contributed by atoms with Crippen LogP contribution >= 0.6 is 0 Å². The van der Waals surface area contributed by atoms with E-state index in [0.29, 0.717) is 68.1 Å². The summed E-state index contributed by atoms with van der Waals surface area (Å²) in [6, 6.07) is 18.7. The standard InChI is InChI=1S/C36H41N5O7/c1-44-15-16-45-17-18-47-32-20-28(36(42)43)19-31-35(32)39-33(41(31)22-29-11-14-46-29)23-40-12-9-27(10-13-40)30-3-2-4-34(38-30)48-24-26-7-5-25(21-37)6-8-26/h2-8,19-20,27,29H,9-18,22-24H2,1H3,(H,42,43)/t29-/m0/s1. The summed E-state index contributed by atoms with van der Waals surface area (Å²) in [5.41, 5.74) is 4.15. The van der Waals surface area contributed by atoms with Crippen LogP contribution in [0.25, 0.3) is 11.0 Å². The van der Waals surface area contributed by atoms with Crippen molar-refractivity contribution in [3.63, 3.8) is 0 Å².